The zero-order valence-corrected chi connectivity index (χ0v) is 11.9. The second kappa shape index (κ2) is 6.78. The Hall–Kier alpha value is -1.26. The van der Waals surface area contributed by atoms with Gasteiger partial charge in [0, 0.05) is 18.2 Å². The topological polar surface area (TPSA) is 44.7 Å². The molecule has 1 saturated heterocycles. The van der Waals surface area contributed by atoms with Gasteiger partial charge in [-0.3, -0.25) is 0 Å². The molecule has 0 spiro atoms. The molecule has 0 amide bonds. The molecule has 1 aromatic rings. The van der Waals surface area contributed by atoms with Gasteiger partial charge in [0.15, 0.2) is 0 Å². The Balaban J connectivity index is 1.85. The number of aromatic hydroxyl groups is 1. The first-order valence-electron chi connectivity index (χ1n) is 7.04. The van der Waals surface area contributed by atoms with Crippen molar-refractivity contribution in [2.75, 3.05) is 26.7 Å². The molecule has 1 heterocycles. The van der Waals surface area contributed by atoms with E-state index in [0.29, 0.717) is 18.3 Å². The van der Waals surface area contributed by atoms with Gasteiger partial charge < -0.3 is 20.1 Å². The van der Waals surface area contributed by atoms with E-state index in [-0.39, 0.29) is 0 Å². The third-order valence-electron chi connectivity index (χ3n) is 3.90. The fraction of sp³-hybridized carbons (Fsp3) is 0.600. The van der Waals surface area contributed by atoms with E-state index in [2.05, 4.69) is 17.1 Å². The standard InChI is InChI=1S/C15H24N2O2/c1-3-17-8-6-13(7-9-17)16-11-12-10-14(19-2)4-5-15(12)18/h4-5,10,13,16,18H,3,6-9,11H2,1-2H3. The monoisotopic (exact) mass is 264 g/mol. The Morgan fingerprint density at radius 1 is 1.37 bits per heavy atom. The second-order valence-corrected chi connectivity index (χ2v) is 5.08. The summed E-state index contributed by atoms with van der Waals surface area (Å²) in [6.45, 7) is 6.38. The van der Waals surface area contributed by atoms with Gasteiger partial charge in [0.25, 0.3) is 0 Å². The Morgan fingerprint density at radius 3 is 2.74 bits per heavy atom. The zero-order chi connectivity index (χ0) is 13.7. The minimum atomic E-state index is 0.333. The Morgan fingerprint density at radius 2 is 2.11 bits per heavy atom. The summed E-state index contributed by atoms with van der Waals surface area (Å²) in [6, 6.07) is 5.91. The first-order chi connectivity index (χ1) is 9.22. The highest BCUT2D eigenvalue weighted by molar-refractivity contribution is 5.39. The van der Waals surface area contributed by atoms with Crippen LogP contribution in [-0.2, 0) is 6.54 Å². The van der Waals surface area contributed by atoms with Crippen LogP contribution in [0.2, 0.25) is 0 Å². The van der Waals surface area contributed by atoms with Crippen molar-refractivity contribution in [3.8, 4) is 11.5 Å². The van der Waals surface area contributed by atoms with Crippen LogP contribution in [0.3, 0.4) is 0 Å². The van der Waals surface area contributed by atoms with Gasteiger partial charge in [-0.05, 0) is 50.7 Å². The predicted octanol–water partition coefficient (Wildman–Crippen LogP) is 1.97. The van der Waals surface area contributed by atoms with Crippen LogP contribution in [0.1, 0.15) is 25.3 Å². The van der Waals surface area contributed by atoms with Crippen molar-refractivity contribution in [1.82, 2.24) is 10.2 Å². The van der Waals surface area contributed by atoms with Crippen molar-refractivity contribution in [2.24, 2.45) is 0 Å². The smallest absolute Gasteiger partial charge is 0.120 e. The molecule has 1 aromatic carbocycles. The van der Waals surface area contributed by atoms with Crippen molar-refractivity contribution in [2.45, 2.75) is 32.4 Å². The normalized spacial score (nSPS) is 17.6. The SMILES string of the molecule is CCN1CCC(NCc2cc(OC)ccc2O)CC1. The second-order valence-electron chi connectivity index (χ2n) is 5.08. The molecule has 0 radical (unpaired) electrons. The minimum Gasteiger partial charge on any atom is -0.508 e. The van der Waals surface area contributed by atoms with Crippen molar-refractivity contribution < 1.29 is 9.84 Å². The molecule has 106 valence electrons. The number of rotatable bonds is 5. The number of hydrogen-bond acceptors (Lipinski definition) is 4. The van der Waals surface area contributed by atoms with E-state index in [1.165, 1.54) is 12.8 Å². The lowest BCUT2D eigenvalue weighted by atomic mass is 10.0. The quantitative estimate of drug-likeness (QED) is 0.853. The van der Waals surface area contributed by atoms with Gasteiger partial charge in [-0.1, -0.05) is 6.92 Å². The van der Waals surface area contributed by atoms with E-state index in [1.807, 2.05) is 6.07 Å². The van der Waals surface area contributed by atoms with Crippen LogP contribution in [-0.4, -0.2) is 42.8 Å². The maximum atomic E-state index is 9.84. The van der Waals surface area contributed by atoms with Crippen LogP contribution in [0.15, 0.2) is 18.2 Å². The van der Waals surface area contributed by atoms with Crippen molar-refractivity contribution in [3.05, 3.63) is 23.8 Å². The number of phenolic OH excluding ortho intramolecular Hbond substituents is 1. The number of nitrogens with zero attached hydrogens (tertiary/aromatic N) is 1. The summed E-state index contributed by atoms with van der Waals surface area (Å²) in [5.74, 6) is 1.12. The van der Waals surface area contributed by atoms with Crippen LogP contribution in [0.5, 0.6) is 11.5 Å². The third kappa shape index (κ3) is 3.85. The molecule has 0 atom stereocenters. The van der Waals surface area contributed by atoms with Gasteiger partial charge >= 0.3 is 0 Å². The van der Waals surface area contributed by atoms with Crippen molar-refractivity contribution in [1.29, 1.82) is 0 Å². The van der Waals surface area contributed by atoms with Crippen LogP contribution in [0, 0.1) is 0 Å². The summed E-state index contributed by atoms with van der Waals surface area (Å²) in [5.41, 5.74) is 0.900. The number of methoxy groups -OCH3 is 1. The van der Waals surface area contributed by atoms with Crippen LogP contribution in [0.4, 0.5) is 0 Å². The molecule has 4 nitrogen and oxygen atoms in total. The largest absolute Gasteiger partial charge is 0.508 e. The molecule has 1 aliphatic heterocycles. The number of piperidine rings is 1. The molecule has 0 bridgehead atoms. The van der Waals surface area contributed by atoms with Crippen LogP contribution < -0.4 is 10.1 Å². The molecule has 1 fully saturated rings. The minimum absolute atomic E-state index is 0.333. The molecule has 4 heteroatoms. The zero-order valence-electron chi connectivity index (χ0n) is 11.9. The van der Waals surface area contributed by atoms with E-state index < -0.39 is 0 Å². The number of benzene rings is 1. The summed E-state index contributed by atoms with van der Waals surface area (Å²) in [6.07, 6.45) is 2.36. The highest BCUT2D eigenvalue weighted by atomic mass is 16.5. The van der Waals surface area contributed by atoms with Gasteiger partial charge in [0.2, 0.25) is 0 Å². The van der Waals surface area contributed by atoms with E-state index in [0.717, 1.165) is 30.9 Å². The summed E-state index contributed by atoms with van der Waals surface area (Å²) < 4.78 is 5.18. The van der Waals surface area contributed by atoms with Gasteiger partial charge in [-0.25, -0.2) is 0 Å². The van der Waals surface area contributed by atoms with Gasteiger partial charge in [-0.2, -0.15) is 0 Å². The molecule has 0 unspecified atom stereocenters. The van der Waals surface area contributed by atoms with Crippen LogP contribution in [0.25, 0.3) is 0 Å². The number of hydrogen-bond donors (Lipinski definition) is 2. The molecule has 2 rings (SSSR count). The lowest BCUT2D eigenvalue weighted by molar-refractivity contribution is 0.205. The maximum absolute atomic E-state index is 9.84. The fourth-order valence-corrected chi connectivity index (χ4v) is 2.54. The Labute approximate surface area is 115 Å². The third-order valence-corrected chi connectivity index (χ3v) is 3.90. The summed E-state index contributed by atoms with van der Waals surface area (Å²) in [7, 11) is 1.64. The van der Waals surface area contributed by atoms with Gasteiger partial charge in [0.05, 0.1) is 7.11 Å². The van der Waals surface area contributed by atoms with Gasteiger partial charge in [-0.15, -0.1) is 0 Å². The van der Waals surface area contributed by atoms with Crippen molar-refractivity contribution >= 4 is 0 Å². The fourth-order valence-electron chi connectivity index (χ4n) is 2.54. The lowest BCUT2D eigenvalue weighted by Gasteiger charge is -2.31. The molecular formula is C15H24N2O2. The van der Waals surface area contributed by atoms with Crippen LogP contribution >= 0.6 is 0 Å². The maximum Gasteiger partial charge on any atom is 0.120 e. The number of phenols is 1. The molecule has 0 aromatic heterocycles. The summed E-state index contributed by atoms with van der Waals surface area (Å²) in [5, 5.41) is 13.4. The molecule has 0 saturated carbocycles. The first-order valence-corrected chi connectivity index (χ1v) is 7.04. The molecule has 19 heavy (non-hydrogen) atoms. The van der Waals surface area contributed by atoms with Gasteiger partial charge in [0.1, 0.15) is 11.5 Å². The Kier molecular flexibility index (Phi) is 5.05. The highest BCUT2D eigenvalue weighted by Gasteiger charge is 2.17. The first kappa shape index (κ1) is 14.2. The van der Waals surface area contributed by atoms with E-state index in [1.54, 1.807) is 19.2 Å². The van der Waals surface area contributed by atoms with E-state index >= 15 is 0 Å². The summed E-state index contributed by atoms with van der Waals surface area (Å²) in [4.78, 5) is 2.47. The average Bonchev–Trinajstić information content (AvgIpc) is 2.47. The van der Waals surface area contributed by atoms with E-state index in [9.17, 15) is 5.11 Å². The Bertz CT molecular complexity index is 401. The number of nitrogens with one attached hydrogen (secondary N) is 1. The van der Waals surface area contributed by atoms with Crippen molar-refractivity contribution in [3.63, 3.8) is 0 Å². The molecular weight excluding hydrogens is 240 g/mol. The molecule has 2 N–H and O–H groups in total. The summed E-state index contributed by atoms with van der Waals surface area (Å²) >= 11 is 0. The predicted molar refractivity (Wildman–Crippen MR) is 76.6 cm³/mol. The number of likely N-dealkylation sites (tertiary alicyclic amines) is 1. The highest BCUT2D eigenvalue weighted by Crippen LogP contribution is 2.23. The number of ether oxygens (including phenoxy) is 1. The molecule has 1 aliphatic rings. The average molecular weight is 264 g/mol. The lowest BCUT2D eigenvalue weighted by Crippen LogP contribution is -2.42. The molecule has 0 aliphatic carbocycles. The van der Waals surface area contributed by atoms with E-state index in [4.69, 9.17) is 4.74 Å².